The minimum absolute atomic E-state index is 0. The monoisotopic (exact) mass is 540 g/mol. The molecular weight excluding hydrogens is 508 g/mol. The van der Waals surface area contributed by atoms with Crippen molar-refractivity contribution in [2.75, 3.05) is 31.1 Å². The van der Waals surface area contributed by atoms with Crippen LogP contribution in [0.2, 0.25) is 0 Å². The SMILES string of the molecule is O=C(O[C@H]1C[N+]2(CCCc3ccsc3)CCC1CC2)N(Cc1ccccc1)c1ccccc1.[Br-]. The second-order valence-electron chi connectivity index (χ2n) is 9.60. The van der Waals surface area contributed by atoms with Crippen molar-refractivity contribution < 1.29 is 31.0 Å². The van der Waals surface area contributed by atoms with Gasteiger partial charge in [-0.15, -0.1) is 0 Å². The minimum Gasteiger partial charge on any atom is -1.00 e. The molecule has 1 aromatic heterocycles. The number of hydrogen-bond acceptors (Lipinski definition) is 3. The fourth-order valence-corrected chi connectivity index (χ4v) is 6.25. The number of quaternary nitrogens is 1. The van der Waals surface area contributed by atoms with Crippen molar-refractivity contribution in [3.8, 4) is 0 Å². The predicted octanol–water partition coefficient (Wildman–Crippen LogP) is 3.14. The van der Waals surface area contributed by atoms with E-state index in [4.69, 9.17) is 4.74 Å². The lowest BCUT2D eigenvalue weighted by Gasteiger charge is -2.52. The Balaban J connectivity index is 0.00000274. The van der Waals surface area contributed by atoms with Gasteiger partial charge >= 0.3 is 6.09 Å². The largest absolute Gasteiger partial charge is 1.00 e. The Bertz CT molecular complexity index is 1020. The van der Waals surface area contributed by atoms with E-state index in [1.807, 2.05) is 48.5 Å². The maximum absolute atomic E-state index is 13.5. The Morgan fingerprint density at radius 3 is 2.35 bits per heavy atom. The number of hydrogen-bond donors (Lipinski definition) is 0. The van der Waals surface area contributed by atoms with Crippen molar-refractivity contribution in [2.24, 2.45) is 5.92 Å². The third-order valence-electron chi connectivity index (χ3n) is 7.44. The maximum Gasteiger partial charge on any atom is 0.415 e. The summed E-state index contributed by atoms with van der Waals surface area (Å²) in [5.74, 6) is 0.500. The van der Waals surface area contributed by atoms with Crippen LogP contribution < -0.4 is 21.9 Å². The number of ether oxygens (including phenoxy) is 1. The molecule has 3 aliphatic heterocycles. The number of benzene rings is 2. The number of carbonyl (C=O) groups is 1. The van der Waals surface area contributed by atoms with Gasteiger partial charge in [0.25, 0.3) is 0 Å². The van der Waals surface area contributed by atoms with Crippen molar-refractivity contribution in [3.63, 3.8) is 0 Å². The number of rotatable bonds is 8. The molecule has 2 bridgehead atoms. The van der Waals surface area contributed by atoms with Crippen LogP contribution in [0.5, 0.6) is 0 Å². The number of aryl methyl sites for hydroxylation is 1. The summed E-state index contributed by atoms with van der Waals surface area (Å²) in [5, 5.41) is 4.43. The van der Waals surface area contributed by atoms with Crippen molar-refractivity contribution in [1.82, 2.24) is 0 Å². The van der Waals surface area contributed by atoms with Gasteiger partial charge < -0.3 is 26.2 Å². The number of fused-ring (bicyclic) bond motifs is 3. The molecule has 6 heteroatoms. The normalized spacial score (nSPS) is 23.2. The molecule has 0 spiro atoms. The van der Waals surface area contributed by atoms with E-state index >= 15 is 0 Å². The van der Waals surface area contributed by atoms with E-state index in [2.05, 4.69) is 29.0 Å². The second kappa shape index (κ2) is 11.5. The van der Waals surface area contributed by atoms with Crippen molar-refractivity contribution in [1.29, 1.82) is 0 Å². The first-order valence-corrected chi connectivity index (χ1v) is 13.1. The first-order chi connectivity index (χ1) is 16.2. The molecule has 0 unspecified atom stereocenters. The van der Waals surface area contributed by atoms with Gasteiger partial charge in [-0.05, 0) is 46.5 Å². The highest BCUT2D eigenvalue weighted by Crippen LogP contribution is 2.36. The van der Waals surface area contributed by atoms with E-state index in [1.165, 1.54) is 44.5 Å². The molecule has 3 aliphatic rings. The van der Waals surface area contributed by atoms with E-state index in [9.17, 15) is 4.79 Å². The van der Waals surface area contributed by atoms with Gasteiger partial charge in [0.05, 0.1) is 26.2 Å². The molecule has 6 rings (SSSR count). The fraction of sp³-hybridized carbons (Fsp3) is 0.393. The summed E-state index contributed by atoms with van der Waals surface area (Å²) in [4.78, 5) is 15.2. The van der Waals surface area contributed by atoms with Crippen LogP contribution in [0, 0.1) is 5.92 Å². The van der Waals surface area contributed by atoms with Gasteiger partial charge in [0.2, 0.25) is 0 Å². The number of amides is 1. The third kappa shape index (κ3) is 5.91. The summed E-state index contributed by atoms with van der Waals surface area (Å²) >= 11 is 1.78. The molecule has 0 radical (unpaired) electrons. The standard InChI is InChI=1S/C28H33N2O2S.BrH/c31-28(29(26-11-5-2-6-12-26)20-23-8-3-1-4-9-23)32-27-21-30(17-13-25(27)14-18-30)16-7-10-24-15-19-33-22-24;/h1-6,8-9,11-12,15,19,22,25,27H,7,10,13-14,16-18,20-21H2;1H/q+1;/p-1/t25?,27-,30?;/m0./s1. The zero-order chi connectivity index (χ0) is 22.5. The Morgan fingerprint density at radius 2 is 1.68 bits per heavy atom. The van der Waals surface area contributed by atoms with Crippen LogP contribution in [0.4, 0.5) is 10.5 Å². The molecule has 2 aromatic carbocycles. The zero-order valence-electron chi connectivity index (χ0n) is 19.5. The van der Waals surface area contributed by atoms with Gasteiger partial charge in [0.1, 0.15) is 6.54 Å². The van der Waals surface area contributed by atoms with Crippen LogP contribution in [0.1, 0.15) is 30.4 Å². The summed E-state index contributed by atoms with van der Waals surface area (Å²) in [6.45, 7) is 5.13. The molecule has 0 N–H and O–H groups in total. The van der Waals surface area contributed by atoms with Gasteiger partial charge in [-0.3, -0.25) is 4.90 Å². The van der Waals surface area contributed by atoms with Crippen LogP contribution in [0.25, 0.3) is 0 Å². The first kappa shape index (κ1) is 25.0. The van der Waals surface area contributed by atoms with Gasteiger partial charge in [-0.1, -0.05) is 48.5 Å². The molecule has 1 amide bonds. The van der Waals surface area contributed by atoms with Crippen molar-refractivity contribution in [2.45, 2.75) is 38.3 Å². The molecule has 180 valence electrons. The van der Waals surface area contributed by atoms with E-state index < -0.39 is 0 Å². The molecule has 1 atom stereocenters. The van der Waals surface area contributed by atoms with Crippen LogP contribution in [-0.2, 0) is 17.7 Å². The highest BCUT2D eigenvalue weighted by molar-refractivity contribution is 7.07. The number of carbonyl (C=O) groups excluding carboxylic acids is 1. The molecule has 4 nitrogen and oxygen atoms in total. The average Bonchev–Trinajstić information content (AvgIpc) is 3.38. The molecule has 34 heavy (non-hydrogen) atoms. The Hall–Kier alpha value is -2.15. The van der Waals surface area contributed by atoms with Crippen LogP contribution >= 0.6 is 11.3 Å². The van der Waals surface area contributed by atoms with Crippen molar-refractivity contribution >= 4 is 23.1 Å². The molecule has 3 fully saturated rings. The van der Waals surface area contributed by atoms with E-state index in [1.54, 1.807) is 16.2 Å². The lowest BCUT2D eigenvalue weighted by Crippen LogP contribution is -3.00. The third-order valence-corrected chi connectivity index (χ3v) is 8.18. The Kier molecular flexibility index (Phi) is 8.46. The number of para-hydroxylation sites is 1. The predicted molar refractivity (Wildman–Crippen MR) is 134 cm³/mol. The molecular formula is C28H33BrN2O2S. The van der Waals surface area contributed by atoms with Crippen LogP contribution in [0.3, 0.4) is 0 Å². The van der Waals surface area contributed by atoms with Crippen molar-refractivity contribution in [3.05, 3.63) is 88.6 Å². The summed E-state index contributed by atoms with van der Waals surface area (Å²) in [6.07, 6.45) is 4.48. The zero-order valence-corrected chi connectivity index (χ0v) is 21.9. The summed E-state index contributed by atoms with van der Waals surface area (Å²) < 4.78 is 7.38. The average molecular weight is 542 g/mol. The Morgan fingerprint density at radius 1 is 0.971 bits per heavy atom. The van der Waals surface area contributed by atoms with E-state index in [0.717, 1.165) is 28.7 Å². The number of halogens is 1. The molecule has 4 heterocycles. The number of piperidine rings is 3. The molecule has 0 saturated carbocycles. The van der Waals surface area contributed by atoms with E-state index in [-0.39, 0.29) is 29.2 Å². The van der Waals surface area contributed by atoms with Gasteiger partial charge in [0, 0.05) is 30.9 Å². The summed E-state index contributed by atoms with van der Waals surface area (Å²) in [6, 6.07) is 22.3. The highest BCUT2D eigenvalue weighted by Gasteiger charge is 2.47. The number of thiophene rings is 1. The highest BCUT2D eigenvalue weighted by atomic mass is 79.9. The number of anilines is 1. The van der Waals surface area contributed by atoms with Gasteiger partial charge in [-0.25, -0.2) is 4.79 Å². The lowest BCUT2D eigenvalue weighted by molar-refractivity contribution is -0.946. The minimum atomic E-state index is -0.222. The van der Waals surface area contributed by atoms with E-state index in [0.29, 0.717) is 12.5 Å². The quantitative estimate of drug-likeness (QED) is 0.411. The second-order valence-corrected chi connectivity index (χ2v) is 10.4. The maximum atomic E-state index is 13.5. The topological polar surface area (TPSA) is 29.5 Å². The number of nitrogens with zero attached hydrogens (tertiary/aromatic N) is 2. The smallest absolute Gasteiger partial charge is 0.415 e. The van der Waals surface area contributed by atoms with Gasteiger partial charge in [0.15, 0.2) is 6.10 Å². The Labute approximate surface area is 217 Å². The van der Waals surface area contributed by atoms with Crippen LogP contribution in [-0.4, -0.2) is 42.9 Å². The molecule has 3 aromatic rings. The summed E-state index contributed by atoms with van der Waals surface area (Å²) in [7, 11) is 0. The lowest BCUT2D eigenvalue weighted by atomic mass is 9.83. The van der Waals surface area contributed by atoms with Crippen LogP contribution in [0.15, 0.2) is 77.5 Å². The fourth-order valence-electron chi connectivity index (χ4n) is 5.55. The molecule has 0 aliphatic carbocycles. The van der Waals surface area contributed by atoms with Gasteiger partial charge in [-0.2, -0.15) is 11.3 Å². The first-order valence-electron chi connectivity index (χ1n) is 12.1. The summed E-state index contributed by atoms with van der Waals surface area (Å²) in [5.41, 5.74) is 3.43. The molecule has 3 saturated heterocycles.